The number of carbonyl (C=O) groups excluding carboxylic acids is 1. The molecule has 5 heteroatoms. The summed E-state index contributed by atoms with van der Waals surface area (Å²) in [5.41, 5.74) is 3.04. The molecule has 23 heavy (non-hydrogen) atoms. The van der Waals surface area contributed by atoms with Crippen LogP contribution < -0.4 is 0 Å². The van der Waals surface area contributed by atoms with Crippen molar-refractivity contribution in [2.75, 3.05) is 7.05 Å². The molecule has 1 amide bonds. The molecular weight excluding hydrogens is 306 g/mol. The van der Waals surface area contributed by atoms with Crippen LogP contribution in [0.2, 0.25) is 0 Å². The van der Waals surface area contributed by atoms with Gasteiger partial charge in [0.1, 0.15) is 0 Å². The van der Waals surface area contributed by atoms with Crippen molar-refractivity contribution in [3.05, 3.63) is 76.8 Å². The van der Waals surface area contributed by atoms with E-state index in [2.05, 4.69) is 10.5 Å². The SMILES string of the molecule is CN(Cc1ccsc1)C(=O)C=Cc1cnn(-c2ccccc2)c1. The molecule has 0 saturated carbocycles. The zero-order chi connectivity index (χ0) is 16.1. The van der Waals surface area contributed by atoms with Gasteiger partial charge in [-0.25, -0.2) is 4.68 Å². The molecule has 3 aromatic rings. The zero-order valence-corrected chi connectivity index (χ0v) is 13.6. The molecule has 0 N–H and O–H groups in total. The van der Waals surface area contributed by atoms with Gasteiger partial charge in [-0.1, -0.05) is 18.2 Å². The van der Waals surface area contributed by atoms with Crippen molar-refractivity contribution in [2.45, 2.75) is 6.54 Å². The minimum absolute atomic E-state index is 0.0244. The first-order chi connectivity index (χ1) is 11.2. The largest absolute Gasteiger partial charge is 0.338 e. The number of likely N-dealkylation sites (N-methyl/N-ethyl adjacent to an activating group) is 1. The average molecular weight is 323 g/mol. The first-order valence-corrected chi connectivity index (χ1v) is 8.21. The molecule has 2 heterocycles. The molecule has 0 aliphatic rings. The lowest BCUT2D eigenvalue weighted by Crippen LogP contribution is -2.23. The lowest BCUT2D eigenvalue weighted by Gasteiger charge is -2.13. The Morgan fingerprint density at radius 2 is 2.13 bits per heavy atom. The second-order valence-electron chi connectivity index (χ2n) is 5.21. The van der Waals surface area contributed by atoms with Gasteiger partial charge in [0.2, 0.25) is 5.91 Å². The Bertz CT molecular complexity index is 791. The Morgan fingerprint density at radius 3 is 2.87 bits per heavy atom. The summed E-state index contributed by atoms with van der Waals surface area (Å²) >= 11 is 1.64. The highest BCUT2D eigenvalue weighted by atomic mass is 32.1. The van der Waals surface area contributed by atoms with Crippen molar-refractivity contribution in [1.82, 2.24) is 14.7 Å². The summed E-state index contributed by atoms with van der Waals surface area (Å²) in [5.74, 6) is -0.0244. The van der Waals surface area contributed by atoms with Gasteiger partial charge in [-0.2, -0.15) is 16.4 Å². The summed E-state index contributed by atoms with van der Waals surface area (Å²) in [7, 11) is 1.80. The van der Waals surface area contributed by atoms with E-state index in [9.17, 15) is 4.79 Å². The standard InChI is InChI=1S/C18H17N3OS/c1-20(12-16-9-10-23-14-16)18(22)8-7-15-11-19-21(13-15)17-5-3-2-4-6-17/h2-11,13-14H,12H2,1H3. The first kappa shape index (κ1) is 15.2. The summed E-state index contributed by atoms with van der Waals surface area (Å²) < 4.78 is 1.79. The molecule has 0 saturated heterocycles. The predicted octanol–water partition coefficient (Wildman–Crippen LogP) is 3.61. The van der Waals surface area contributed by atoms with E-state index in [1.807, 2.05) is 48.0 Å². The molecule has 2 aromatic heterocycles. The molecule has 116 valence electrons. The third kappa shape index (κ3) is 3.96. The van der Waals surface area contributed by atoms with Gasteiger partial charge >= 0.3 is 0 Å². The van der Waals surface area contributed by atoms with Crippen LogP contribution in [0.1, 0.15) is 11.1 Å². The number of amides is 1. The highest BCUT2D eigenvalue weighted by Gasteiger charge is 2.06. The van der Waals surface area contributed by atoms with Crippen molar-refractivity contribution < 1.29 is 4.79 Å². The number of para-hydroxylation sites is 1. The third-order valence-electron chi connectivity index (χ3n) is 3.42. The smallest absolute Gasteiger partial charge is 0.246 e. The molecule has 0 fully saturated rings. The van der Waals surface area contributed by atoms with Gasteiger partial charge in [0.25, 0.3) is 0 Å². The van der Waals surface area contributed by atoms with Crippen LogP contribution >= 0.6 is 11.3 Å². The molecule has 0 aliphatic heterocycles. The lowest BCUT2D eigenvalue weighted by molar-refractivity contribution is -0.125. The number of thiophene rings is 1. The summed E-state index contributed by atoms with van der Waals surface area (Å²) in [6, 6.07) is 11.9. The van der Waals surface area contributed by atoms with Gasteiger partial charge < -0.3 is 4.90 Å². The molecule has 0 atom stereocenters. The van der Waals surface area contributed by atoms with Gasteiger partial charge in [-0.05, 0) is 40.6 Å². The van der Waals surface area contributed by atoms with E-state index in [0.29, 0.717) is 6.54 Å². The van der Waals surface area contributed by atoms with Gasteiger partial charge in [-0.15, -0.1) is 0 Å². The second-order valence-corrected chi connectivity index (χ2v) is 5.99. The van der Waals surface area contributed by atoms with E-state index in [-0.39, 0.29) is 5.91 Å². The van der Waals surface area contributed by atoms with Gasteiger partial charge in [0.05, 0.1) is 11.9 Å². The number of hydrogen-bond donors (Lipinski definition) is 0. The van der Waals surface area contributed by atoms with Crippen LogP contribution in [0.5, 0.6) is 0 Å². The molecule has 0 bridgehead atoms. The van der Waals surface area contributed by atoms with Gasteiger partial charge in [0, 0.05) is 31.4 Å². The van der Waals surface area contributed by atoms with Crippen molar-refractivity contribution >= 4 is 23.3 Å². The number of benzene rings is 1. The number of carbonyl (C=O) groups is 1. The van der Waals surface area contributed by atoms with Crippen LogP contribution in [-0.2, 0) is 11.3 Å². The molecule has 1 aromatic carbocycles. The van der Waals surface area contributed by atoms with Crippen molar-refractivity contribution in [1.29, 1.82) is 0 Å². The van der Waals surface area contributed by atoms with Crippen molar-refractivity contribution in [2.24, 2.45) is 0 Å². The second kappa shape index (κ2) is 7.07. The maximum absolute atomic E-state index is 12.1. The molecule has 0 aliphatic carbocycles. The first-order valence-electron chi connectivity index (χ1n) is 7.27. The van der Waals surface area contributed by atoms with E-state index in [1.54, 1.807) is 46.3 Å². The maximum atomic E-state index is 12.1. The van der Waals surface area contributed by atoms with Crippen LogP contribution in [-0.4, -0.2) is 27.6 Å². The lowest BCUT2D eigenvalue weighted by atomic mass is 10.3. The van der Waals surface area contributed by atoms with Crippen molar-refractivity contribution in [3.8, 4) is 5.69 Å². The Morgan fingerprint density at radius 1 is 1.30 bits per heavy atom. The van der Waals surface area contributed by atoms with Crippen LogP contribution in [0.15, 0.2) is 65.6 Å². The molecule has 0 spiro atoms. The van der Waals surface area contributed by atoms with E-state index < -0.39 is 0 Å². The predicted molar refractivity (Wildman–Crippen MR) is 93.4 cm³/mol. The van der Waals surface area contributed by atoms with Gasteiger partial charge in [0.15, 0.2) is 0 Å². The summed E-state index contributed by atoms with van der Waals surface area (Å²) in [6.07, 6.45) is 7.02. The molecule has 4 nitrogen and oxygen atoms in total. The number of rotatable bonds is 5. The quantitative estimate of drug-likeness (QED) is 0.673. The Hall–Kier alpha value is -2.66. The summed E-state index contributed by atoms with van der Waals surface area (Å²) in [4.78, 5) is 13.8. The van der Waals surface area contributed by atoms with Crippen LogP contribution in [0.3, 0.4) is 0 Å². The van der Waals surface area contributed by atoms with E-state index in [4.69, 9.17) is 0 Å². The monoisotopic (exact) mass is 323 g/mol. The minimum Gasteiger partial charge on any atom is -0.338 e. The normalized spacial score (nSPS) is 11.0. The zero-order valence-electron chi connectivity index (χ0n) is 12.8. The van der Waals surface area contributed by atoms with Crippen molar-refractivity contribution in [3.63, 3.8) is 0 Å². The fourth-order valence-electron chi connectivity index (χ4n) is 2.17. The average Bonchev–Trinajstić information content (AvgIpc) is 3.25. The fraction of sp³-hybridized carbons (Fsp3) is 0.111. The number of hydrogen-bond acceptors (Lipinski definition) is 3. The summed E-state index contributed by atoms with van der Waals surface area (Å²) in [6.45, 7) is 0.621. The Kier molecular flexibility index (Phi) is 4.68. The molecule has 0 radical (unpaired) electrons. The van der Waals surface area contributed by atoms with Crippen LogP contribution in [0.25, 0.3) is 11.8 Å². The van der Waals surface area contributed by atoms with E-state index in [1.165, 1.54) is 0 Å². The highest BCUT2D eigenvalue weighted by Crippen LogP contribution is 2.11. The third-order valence-corrected chi connectivity index (χ3v) is 4.15. The number of aromatic nitrogens is 2. The van der Waals surface area contributed by atoms with Crippen LogP contribution in [0.4, 0.5) is 0 Å². The van der Waals surface area contributed by atoms with Gasteiger partial charge in [-0.3, -0.25) is 4.79 Å². The molecular formula is C18H17N3OS. The topological polar surface area (TPSA) is 38.1 Å². The molecule has 0 unspecified atom stereocenters. The maximum Gasteiger partial charge on any atom is 0.246 e. The highest BCUT2D eigenvalue weighted by molar-refractivity contribution is 7.07. The molecule has 3 rings (SSSR count). The van der Waals surface area contributed by atoms with E-state index in [0.717, 1.165) is 16.8 Å². The Labute approximate surface area is 139 Å². The Balaban J connectivity index is 1.63. The summed E-state index contributed by atoms with van der Waals surface area (Å²) in [5, 5.41) is 8.38. The number of nitrogens with zero attached hydrogens (tertiary/aromatic N) is 3. The minimum atomic E-state index is -0.0244. The van der Waals surface area contributed by atoms with E-state index >= 15 is 0 Å². The van der Waals surface area contributed by atoms with Crippen LogP contribution in [0, 0.1) is 0 Å². The fourth-order valence-corrected chi connectivity index (χ4v) is 2.83.